The Labute approximate surface area is 130 Å². The summed E-state index contributed by atoms with van der Waals surface area (Å²) < 4.78 is 1.71. The van der Waals surface area contributed by atoms with Crippen molar-refractivity contribution >= 4 is 49.4 Å². The van der Waals surface area contributed by atoms with E-state index in [9.17, 15) is 4.79 Å². The monoisotopic (exact) mass is 395 g/mol. The van der Waals surface area contributed by atoms with Gasteiger partial charge in [-0.25, -0.2) is 0 Å². The van der Waals surface area contributed by atoms with E-state index in [0.717, 1.165) is 40.5 Å². The first-order chi connectivity index (χ1) is 8.65. The molecule has 1 aromatic carbocycles. The van der Waals surface area contributed by atoms with Crippen molar-refractivity contribution in [1.82, 2.24) is 5.32 Å². The molecular formula is C13H16Br2ClNO. The highest BCUT2D eigenvalue weighted by Crippen LogP contribution is 2.21. The van der Waals surface area contributed by atoms with Gasteiger partial charge in [0.2, 0.25) is 0 Å². The van der Waals surface area contributed by atoms with Gasteiger partial charge in [0.15, 0.2) is 0 Å². The quantitative estimate of drug-likeness (QED) is 0.523. The molecule has 1 rings (SSSR count). The van der Waals surface area contributed by atoms with Gasteiger partial charge in [-0.2, -0.15) is 0 Å². The summed E-state index contributed by atoms with van der Waals surface area (Å²) in [6.45, 7) is 0.708. The Morgan fingerprint density at radius 3 is 2.61 bits per heavy atom. The van der Waals surface area contributed by atoms with Gasteiger partial charge in [0, 0.05) is 21.4 Å². The van der Waals surface area contributed by atoms with Gasteiger partial charge in [0.1, 0.15) is 0 Å². The zero-order chi connectivity index (χ0) is 13.4. The minimum Gasteiger partial charge on any atom is -0.352 e. The highest BCUT2D eigenvalue weighted by Gasteiger charge is 2.09. The average molecular weight is 398 g/mol. The van der Waals surface area contributed by atoms with Gasteiger partial charge in [-0.3, -0.25) is 4.79 Å². The summed E-state index contributed by atoms with van der Waals surface area (Å²) in [6.07, 6.45) is 4.27. The van der Waals surface area contributed by atoms with E-state index in [1.165, 1.54) is 0 Å². The van der Waals surface area contributed by atoms with Crippen molar-refractivity contribution in [2.75, 3.05) is 12.4 Å². The maximum atomic E-state index is 11.9. The number of benzene rings is 1. The number of hydrogen-bond donors (Lipinski definition) is 1. The van der Waals surface area contributed by atoms with Gasteiger partial charge in [-0.1, -0.05) is 28.8 Å². The van der Waals surface area contributed by atoms with Crippen molar-refractivity contribution in [3.8, 4) is 0 Å². The normalized spacial score (nSPS) is 10.4. The molecule has 0 fully saturated rings. The molecule has 1 N–H and O–H groups in total. The van der Waals surface area contributed by atoms with Crippen molar-refractivity contribution in [2.24, 2.45) is 0 Å². The number of hydrogen-bond acceptors (Lipinski definition) is 1. The van der Waals surface area contributed by atoms with Crippen LogP contribution in [0.5, 0.6) is 0 Å². The largest absolute Gasteiger partial charge is 0.352 e. The summed E-state index contributed by atoms with van der Waals surface area (Å²) in [7, 11) is 0. The third kappa shape index (κ3) is 5.72. The Kier molecular flexibility index (Phi) is 7.95. The second-order valence-electron chi connectivity index (χ2n) is 3.98. The summed E-state index contributed by atoms with van der Waals surface area (Å²) in [5, 5.41) is 2.92. The zero-order valence-corrected chi connectivity index (χ0v) is 13.9. The molecule has 1 aromatic rings. The molecule has 0 aromatic heterocycles. The molecule has 0 saturated carbocycles. The van der Waals surface area contributed by atoms with Gasteiger partial charge < -0.3 is 5.32 Å². The first-order valence-electron chi connectivity index (χ1n) is 5.94. The Morgan fingerprint density at radius 1 is 1.17 bits per heavy atom. The number of amides is 1. The van der Waals surface area contributed by atoms with Crippen molar-refractivity contribution in [3.05, 3.63) is 32.7 Å². The van der Waals surface area contributed by atoms with E-state index in [1.807, 2.05) is 18.2 Å². The fourth-order valence-corrected chi connectivity index (χ4v) is 2.52. The number of halogens is 3. The number of nitrogens with one attached hydrogen (secondary N) is 1. The number of alkyl halides is 1. The zero-order valence-electron chi connectivity index (χ0n) is 10.0. The minimum absolute atomic E-state index is 0.0412. The molecular weight excluding hydrogens is 381 g/mol. The van der Waals surface area contributed by atoms with Crippen LogP contribution in [-0.4, -0.2) is 18.3 Å². The van der Waals surface area contributed by atoms with E-state index in [1.54, 1.807) is 0 Å². The lowest BCUT2D eigenvalue weighted by molar-refractivity contribution is 0.0952. The van der Waals surface area contributed by atoms with Crippen LogP contribution in [0.2, 0.25) is 0 Å². The van der Waals surface area contributed by atoms with E-state index in [4.69, 9.17) is 11.6 Å². The van der Waals surface area contributed by atoms with Crippen molar-refractivity contribution in [3.63, 3.8) is 0 Å². The molecule has 0 saturated heterocycles. The molecule has 0 radical (unpaired) electrons. The topological polar surface area (TPSA) is 29.1 Å². The van der Waals surface area contributed by atoms with Crippen molar-refractivity contribution in [2.45, 2.75) is 25.7 Å². The van der Waals surface area contributed by atoms with Crippen molar-refractivity contribution in [1.29, 1.82) is 0 Å². The summed E-state index contributed by atoms with van der Waals surface area (Å²) >= 11 is 12.3. The van der Waals surface area contributed by atoms with Crippen LogP contribution in [0.15, 0.2) is 27.1 Å². The SMILES string of the molecule is O=C(NCCCCCCCl)c1cc(Br)ccc1Br. The Bertz CT molecular complexity index is 399. The fourth-order valence-electron chi connectivity index (χ4n) is 1.54. The number of carbonyl (C=O) groups is 1. The lowest BCUT2D eigenvalue weighted by Gasteiger charge is -2.07. The van der Waals surface area contributed by atoms with Crippen LogP contribution in [0.3, 0.4) is 0 Å². The smallest absolute Gasteiger partial charge is 0.252 e. The Hall–Kier alpha value is -0.0600. The summed E-state index contributed by atoms with van der Waals surface area (Å²) in [5.41, 5.74) is 0.658. The molecule has 0 bridgehead atoms. The molecule has 2 nitrogen and oxygen atoms in total. The lowest BCUT2D eigenvalue weighted by atomic mass is 10.2. The molecule has 0 spiro atoms. The molecule has 0 aliphatic carbocycles. The van der Waals surface area contributed by atoms with Crippen molar-refractivity contribution < 1.29 is 4.79 Å². The highest BCUT2D eigenvalue weighted by atomic mass is 79.9. The first-order valence-corrected chi connectivity index (χ1v) is 8.06. The Morgan fingerprint density at radius 2 is 1.89 bits per heavy atom. The summed E-state index contributed by atoms with van der Waals surface area (Å²) in [5.74, 6) is 0.678. The van der Waals surface area contributed by atoms with Crippen LogP contribution in [0.1, 0.15) is 36.0 Å². The second-order valence-corrected chi connectivity index (χ2v) is 6.13. The molecule has 0 heterocycles. The third-order valence-corrected chi connectivity index (χ3v) is 3.97. The van der Waals surface area contributed by atoms with Gasteiger partial charge in [-0.15, -0.1) is 11.6 Å². The number of carbonyl (C=O) groups excluding carboxylic acids is 1. The van der Waals surface area contributed by atoms with Crippen LogP contribution < -0.4 is 5.32 Å². The van der Waals surface area contributed by atoms with E-state index in [0.29, 0.717) is 12.1 Å². The molecule has 1 amide bonds. The molecule has 0 atom stereocenters. The molecule has 5 heteroatoms. The molecule has 100 valence electrons. The molecule has 18 heavy (non-hydrogen) atoms. The highest BCUT2D eigenvalue weighted by molar-refractivity contribution is 9.11. The van der Waals surface area contributed by atoms with Crippen LogP contribution in [0.4, 0.5) is 0 Å². The maximum Gasteiger partial charge on any atom is 0.252 e. The van der Waals surface area contributed by atoms with Gasteiger partial charge in [0.25, 0.3) is 5.91 Å². The van der Waals surface area contributed by atoms with Crippen LogP contribution in [0, 0.1) is 0 Å². The van der Waals surface area contributed by atoms with E-state index < -0.39 is 0 Å². The minimum atomic E-state index is -0.0412. The van der Waals surface area contributed by atoms with Gasteiger partial charge in [-0.05, 0) is 47.0 Å². The third-order valence-electron chi connectivity index (χ3n) is 2.52. The van der Waals surface area contributed by atoms with Crippen LogP contribution in [0.25, 0.3) is 0 Å². The Balaban J connectivity index is 2.34. The van der Waals surface area contributed by atoms with Crippen LogP contribution >= 0.6 is 43.5 Å². The second kappa shape index (κ2) is 8.94. The average Bonchev–Trinajstić information content (AvgIpc) is 2.36. The first kappa shape index (κ1) is 16.0. The van der Waals surface area contributed by atoms with E-state index in [-0.39, 0.29) is 5.91 Å². The number of rotatable bonds is 7. The summed E-state index contributed by atoms with van der Waals surface area (Å²) in [4.78, 5) is 11.9. The molecule has 0 aliphatic heterocycles. The molecule has 0 aliphatic rings. The van der Waals surface area contributed by atoms with Crippen LogP contribution in [-0.2, 0) is 0 Å². The maximum absolute atomic E-state index is 11.9. The molecule has 0 unspecified atom stereocenters. The van der Waals surface area contributed by atoms with Gasteiger partial charge >= 0.3 is 0 Å². The standard InChI is InChI=1S/C13H16Br2ClNO/c14-10-5-6-12(15)11(9-10)13(18)17-8-4-2-1-3-7-16/h5-6,9H,1-4,7-8H2,(H,17,18). The van der Waals surface area contributed by atoms with E-state index in [2.05, 4.69) is 37.2 Å². The fraction of sp³-hybridized carbons (Fsp3) is 0.462. The predicted octanol–water partition coefficient (Wildman–Crippen LogP) is 4.74. The summed E-state index contributed by atoms with van der Waals surface area (Å²) in [6, 6.07) is 5.57. The lowest BCUT2D eigenvalue weighted by Crippen LogP contribution is -2.24. The van der Waals surface area contributed by atoms with Gasteiger partial charge in [0.05, 0.1) is 5.56 Å². The predicted molar refractivity (Wildman–Crippen MR) is 83.4 cm³/mol. The van der Waals surface area contributed by atoms with E-state index >= 15 is 0 Å². The number of unbranched alkanes of at least 4 members (excludes halogenated alkanes) is 3.